The number of aryl methyl sites for hydroxylation is 1. The smallest absolute Gasteiger partial charge is 0.119 e. The Morgan fingerprint density at radius 2 is 2.08 bits per heavy atom. The fourth-order valence-corrected chi connectivity index (χ4v) is 1.20. The summed E-state index contributed by atoms with van der Waals surface area (Å²) in [7, 11) is 0. The molecule has 1 N–H and O–H groups in total. The molecule has 1 aromatic rings. The highest BCUT2D eigenvalue weighted by Crippen LogP contribution is 2.22. The fraction of sp³-hybridized carbons (Fsp3) is 0.273. The molecular weight excluding hydrogens is 148 g/mol. The van der Waals surface area contributed by atoms with Crippen LogP contribution in [-0.2, 0) is 6.42 Å². The van der Waals surface area contributed by atoms with Gasteiger partial charge in [0.25, 0.3) is 0 Å². The second-order valence-corrected chi connectivity index (χ2v) is 3.05. The van der Waals surface area contributed by atoms with Crippen LogP contribution >= 0.6 is 0 Å². The normalized spacial score (nSPS) is 9.83. The summed E-state index contributed by atoms with van der Waals surface area (Å²) in [6.45, 7) is 7.58. The molecule has 0 saturated heterocycles. The van der Waals surface area contributed by atoms with Crippen molar-refractivity contribution in [2.75, 3.05) is 0 Å². The van der Waals surface area contributed by atoms with Gasteiger partial charge in [-0.2, -0.15) is 0 Å². The summed E-state index contributed by atoms with van der Waals surface area (Å²) in [5.74, 6) is 0.381. The Kier molecular flexibility index (Phi) is 2.54. The SMILES string of the molecule is C=CCc1cc(C)c(C)c(O)c1. The molecule has 0 amide bonds. The monoisotopic (exact) mass is 162 g/mol. The minimum Gasteiger partial charge on any atom is -0.508 e. The Morgan fingerprint density at radius 3 is 2.58 bits per heavy atom. The maximum absolute atomic E-state index is 9.47. The predicted octanol–water partition coefficient (Wildman–Crippen LogP) is 2.74. The molecule has 0 saturated carbocycles. The first-order valence-corrected chi connectivity index (χ1v) is 4.05. The zero-order valence-electron chi connectivity index (χ0n) is 7.59. The lowest BCUT2D eigenvalue weighted by molar-refractivity contribution is 0.470. The van der Waals surface area contributed by atoms with Crippen molar-refractivity contribution in [2.45, 2.75) is 20.3 Å². The Morgan fingerprint density at radius 1 is 1.42 bits per heavy atom. The zero-order chi connectivity index (χ0) is 9.14. The molecule has 0 heterocycles. The molecule has 0 atom stereocenters. The van der Waals surface area contributed by atoms with Crippen LogP contribution in [0.3, 0.4) is 0 Å². The predicted molar refractivity (Wildman–Crippen MR) is 51.5 cm³/mol. The second kappa shape index (κ2) is 3.44. The molecule has 0 spiro atoms. The molecule has 0 unspecified atom stereocenters. The average molecular weight is 162 g/mol. The first-order valence-electron chi connectivity index (χ1n) is 4.05. The van der Waals surface area contributed by atoms with Gasteiger partial charge >= 0.3 is 0 Å². The summed E-state index contributed by atoms with van der Waals surface area (Å²) in [5, 5.41) is 9.47. The largest absolute Gasteiger partial charge is 0.508 e. The van der Waals surface area contributed by atoms with Crippen molar-refractivity contribution in [2.24, 2.45) is 0 Å². The molecule has 0 aromatic heterocycles. The van der Waals surface area contributed by atoms with Crippen LogP contribution < -0.4 is 0 Å². The van der Waals surface area contributed by atoms with Gasteiger partial charge in [0.2, 0.25) is 0 Å². The van der Waals surface area contributed by atoms with Crippen LogP contribution in [0.1, 0.15) is 16.7 Å². The third-order valence-corrected chi connectivity index (χ3v) is 2.08. The van der Waals surface area contributed by atoms with Crippen LogP contribution in [0.15, 0.2) is 24.8 Å². The van der Waals surface area contributed by atoms with Gasteiger partial charge in [-0.15, -0.1) is 6.58 Å². The van der Waals surface area contributed by atoms with E-state index in [1.807, 2.05) is 19.9 Å². The summed E-state index contributed by atoms with van der Waals surface area (Å²) >= 11 is 0. The van der Waals surface area contributed by atoms with Crippen LogP contribution in [0.5, 0.6) is 5.75 Å². The van der Waals surface area contributed by atoms with Gasteiger partial charge in [-0.25, -0.2) is 0 Å². The Bertz CT molecular complexity index is 277. The van der Waals surface area contributed by atoms with Gasteiger partial charge in [0.05, 0.1) is 0 Å². The number of hydrogen-bond donors (Lipinski definition) is 1. The molecule has 64 valence electrons. The van der Waals surface area contributed by atoms with E-state index in [0.717, 1.165) is 23.1 Å². The number of phenolic OH excluding ortho intramolecular Hbond substituents is 1. The molecular formula is C11H14O. The molecule has 1 heteroatoms. The van der Waals surface area contributed by atoms with Crippen molar-refractivity contribution in [1.29, 1.82) is 0 Å². The maximum Gasteiger partial charge on any atom is 0.119 e. The number of aromatic hydroxyl groups is 1. The lowest BCUT2D eigenvalue weighted by Crippen LogP contribution is -1.87. The van der Waals surface area contributed by atoms with Crippen molar-refractivity contribution in [3.8, 4) is 5.75 Å². The van der Waals surface area contributed by atoms with Crippen LogP contribution in [0.25, 0.3) is 0 Å². The van der Waals surface area contributed by atoms with Crippen LogP contribution in [-0.4, -0.2) is 5.11 Å². The first-order chi connectivity index (χ1) is 5.65. The Hall–Kier alpha value is -1.24. The van der Waals surface area contributed by atoms with Crippen molar-refractivity contribution in [3.05, 3.63) is 41.5 Å². The molecule has 0 bridgehead atoms. The third-order valence-electron chi connectivity index (χ3n) is 2.08. The van der Waals surface area contributed by atoms with Gasteiger partial charge in [-0.1, -0.05) is 12.1 Å². The van der Waals surface area contributed by atoms with Gasteiger partial charge in [-0.3, -0.25) is 0 Å². The van der Waals surface area contributed by atoms with Crippen LogP contribution in [0.2, 0.25) is 0 Å². The summed E-state index contributed by atoms with van der Waals surface area (Å²) in [6, 6.07) is 3.88. The molecule has 0 fully saturated rings. The van der Waals surface area contributed by atoms with Crippen molar-refractivity contribution < 1.29 is 5.11 Å². The quantitative estimate of drug-likeness (QED) is 0.663. The number of phenols is 1. The maximum atomic E-state index is 9.47. The van der Waals surface area contributed by atoms with Gasteiger partial charge in [0, 0.05) is 0 Å². The molecule has 0 aliphatic carbocycles. The van der Waals surface area contributed by atoms with Gasteiger partial charge in [-0.05, 0) is 43.0 Å². The van der Waals surface area contributed by atoms with E-state index in [1.54, 1.807) is 6.07 Å². The topological polar surface area (TPSA) is 20.2 Å². The van der Waals surface area contributed by atoms with Crippen LogP contribution in [0.4, 0.5) is 0 Å². The van der Waals surface area contributed by atoms with E-state index < -0.39 is 0 Å². The van der Waals surface area contributed by atoms with E-state index in [-0.39, 0.29) is 0 Å². The van der Waals surface area contributed by atoms with Crippen molar-refractivity contribution in [3.63, 3.8) is 0 Å². The highest BCUT2D eigenvalue weighted by Gasteiger charge is 2.01. The van der Waals surface area contributed by atoms with E-state index in [1.165, 1.54) is 0 Å². The summed E-state index contributed by atoms with van der Waals surface area (Å²) in [5.41, 5.74) is 3.21. The molecule has 1 rings (SSSR count). The van der Waals surface area contributed by atoms with Crippen molar-refractivity contribution in [1.82, 2.24) is 0 Å². The van der Waals surface area contributed by atoms with Crippen LogP contribution in [0, 0.1) is 13.8 Å². The fourth-order valence-electron chi connectivity index (χ4n) is 1.20. The summed E-state index contributed by atoms with van der Waals surface area (Å²) < 4.78 is 0. The second-order valence-electron chi connectivity index (χ2n) is 3.05. The highest BCUT2D eigenvalue weighted by molar-refractivity contribution is 5.41. The van der Waals surface area contributed by atoms with E-state index in [2.05, 4.69) is 12.6 Å². The van der Waals surface area contributed by atoms with E-state index in [9.17, 15) is 5.11 Å². The van der Waals surface area contributed by atoms with E-state index in [0.29, 0.717) is 5.75 Å². The van der Waals surface area contributed by atoms with Gasteiger partial charge in [0.15, 0.2) is 0 Å². The lowest BCUT2D eigenvalue weighted by Gasteiger charge is -2.05. The lowest BCUT2D eigenvalue weighted by atomic mass is 10.0. The molecule has 1 nitrogen and oxygen atoms in total. The minimum absolute atomic E-state index is 0.381. The Labute approximate surface area is 73.4 Å². The van der Waals surface area contributed by atoms with Gasteiger partial charge < -0.3 is 5.11 Å². The Balaban J connectivity index is 3.11. The number of allylic oxidation sites excluding steroid dienone is 1. The number of rotatable bonds is 2. The molecule has 0 aliphatic rings. The standard InChI is InChI=1S/C11H14O/c1-4-5-10-6-8(2)9(3)11(12)7-10/h4,6-7,12H,1,5H2,2-3H3. The van der Waals surface area contributed by atoms with Crippen molar-refractivity contribution >= 4 is 0 Å². The highest BCUT2D eigenvalue weighted by atomic mass is 16.3. The zero-order valence-corrected chi connectivity index (χ0v) is 7.59. The van der Waals surface area contributed by atoms with E-state index >= 15 is 0 Å². The van der Waals surface area contributed by atoms with E-state index in [4.69, 9.17) is 0 Å². The van der Waals surface area contributed by atoms with Gasteiger partial charge in [0.1, 0.15) is 5.75 Å². The minimum atomic E-state index is 0.381. The number of benzene rings is 1. The molecule has 0 radical (unpaired) electrons. The number of hydrogen-bond acceptors (Lipinski definition) is 1. The molecule has 1 aromatic carbocycles. The first kappa shape index (κ1) is 8.85. The average Bonchev–Trinajstić information content (AvgIpc) is 2.01. The molecule has 0 aliphatic heterocycles. The summed E-state index contributed by atoms with van der Waals surface area (Å²) in [4.78, 5) is 0. The molecule has 12 heavy (non-hydrogen) atoms. The summed E-state index contributed by atoms with van der Waals surface area (Å²) in [6.07, 6.45) is 2.65. The third kappa shape index (κ3) is 1.67.